The summed E-state index contributed by atoms with van der Waals surface area (Å²) in [6, 6.07) is -0.220. The molecule has 0 aromatic carbocycles. The Morgan fingerprint density at radius 1 is 1.71 bits per heavy atom. The molecule has 1 amide bonds. The summed E-state index contributed by atoms with van der Waals surface area (Å²) in [5, 5.41) is 20.4. The molecule has 1 saturated heterocycles. The minimum absolute atomic E-state index is 0.195. The highest BCUT2D eigenvalue weighted by molar-refractivity contribution is 5.64. The van der Waals surface area contributed by atoms with Crippen molar-refractivity contribution in [2.24, 2.45) is 0 Å². The van der Waals surface area contributed by atoms with Crippen molar-refractivity contribution in [2.75, 3.05) is 6.61 Å². The van der Waals surface area contributed by atoms with Crippen LogP contribution in [-0.2, 0) is 4.74 Å². The lowest BCUT2D eigenvalue weighted by Crippen LogP contribution is -2.47. The first-order valence-corrected chi connectivity index (χ1v) is 4.92. The molecule has 2 unspecified atom stereocenters. The molecule has 1 aliphatic rings. The van der Waals surface area contributed by atoms with Crippen LogP contribution in [0.1, 0.15) is 26.2 Å². The third-order valence-corrected chi connectivity index (χ3v) is 2.48. The Bertz CT molecular complexity index is 197. The molecule has 0 aliphatic carbocycles. The first kappa shape index (κ1) is 11.3. The van der Waals surface area contributed by atoms with E-state index in [1.807, 2.05) is 6.92 Å². The van der Waals surface area contributed by atoms with E-state index >= 15 is 0 Å². The van der Waals surface area contributed by atoms with Gasteiger partial charge in [-0.25, -0.2) is 4.79 Å². The van der Waals surface area contributed by atoms with Gasteiger partial charge in [0.15, 0.2) is 0 Å². The molecule has 0 aromatic rings. The van der Waals surface area contributed by atoms with Crippen molar-refractivity contribution in [2.45, 2.75) is 44.4 Å². The minimum Gasteiger partial charge on any atom is -0.465 e. The first-order valence-electron chi connectivity index (χ1n) is 4.92. The summed E-state index contributed by atoms with van der Waals surface area (Å²) >= 11 is 0. The summed E-state index contributed by atoms with van der Waals surface area (Å²) in [5.74, 6) is 0. The van der Waals surface area contributed by atoms with Crippen LogP contribution in [0.2, 0.25) is 0 Å². The number of rotatable bonds is 3. The Kier molecular flexibility index (Phi) is 4.16. The van der Waals surface area contributed by atoms with E-state index in [0.29, 0.717) is 25.9 Å². The van der Waals surface area contributed by atoms with Crippen LogP contribution in [0.3, 0.4) is 0 Å². The number of carboxylic acid groups (broad SMARTS) is 1. The molecule has 5 nitrogen and oxygen atoms in total. The van der Waals surface area contributed by atoms with Gasteiger partial charge in [0, 0.05) is 13.0 Å². The number of nitrogens with one attached hydrogen (secondary N) is 1. The fourth-order valence-electron chi connectivity index (χ4n) is 1.71. The maximum atomic E-state index is 10.5. The second-order valence-corrected chi connectivity index (χ2v) is 3.55. The zero-order chi connectivity index (χ0) is 10.6. The predicted octanol–water partition coefficient (Wildman–Crippen LogP) is 0.572. The van der Waals surface area contributed by atoms with Gasteiger partial charge in [-0.05, 0) is 12.8 Å². The predicted molar refractivity (Wildman–Crippen MR) is 50.2 cm³/mol. The van der Waals surface area contributed by atoms with Gasteiger partial charge >= 0.3 is 6.09 Å². The van der Waals surface area contributed by atoms with E-state index in [0.717, 1.165) is 0 Å². The number of ether oxygens (including phenoxy) is 1. The molecule has 1 heterocycles. The summed E-state index contributed by atoms with van der Waals surface area (Å²) in [7, 11) is 0. The van der Waals surface area contributed by atoms with Gasteiger partial charge in [-0.2, -0.15) is 0 Å². The first-order chi connectivity index (χ1) is 6.63. The molecule has 1 fully saturated rings. The van der Waals surface area contributed by atoms with E-state index in [2.05, 4.69) is 5.32 Å². The zero-order valence-corrected chi connectivity index (χ0v) is 8.27. The molecule has 0 radical (unpaired) electrons. The molecule has 14 heavy (non-hydrogen) atoms. The molecule has 0 spiro atoms. The van der Waals surface area contributed by atoms with Gasteiger partial charge in [0.05, 0.1) is 18.2 Å². The normalized spacial score (nSPS) is 29.6. The van der Waals surface area contributed by atoms with Crippen LogP contribution in [-0.4, -0.2) is 41.2 Å². The van der Waals surface area contributed by atoms with E-state index in [-0.39, 0.29) is 18.2 Å². The maximum Gasteiger partial charge on any atom is 0.404 e. The quantitative estimate of drug-likeness (QED) is 0.626. The lowest BCUT2D eigenvalue weighted by Gasteiger charge is -2.32. The van der Waals surface area contributed by atoms with E-state index in [1.165, 1.54) is 0 Å². The molecule has 0 saturated carbocycles. The average Bonchev–Trinajstić information content (AvgIpc) is 2.14. The topological polar surface area (TPSA) is 78.8 Å². The number of carbonyl (C=O) groups is 1. The second kappa shape index (κ2) is 5.17. The number of hydrogen-bond acceptors (Lipinski definition) is 3. The van der Waals surface area contributed by atoms with Crippen LogP contribution in [0.15, 0.2) is 0 Å². The van der Waals surface area contributed by atoms with Crippen molar-refractivity contribution >= 4 is 6.09 Å². The van der Waals surface area contributed by atoms with E-state index in [4.69, 9.17) is 9.84 Å². The Labute approximate surface area is 83.1 Å². The van der Waals surface area contributed by atoms with E-state index in [1.54, 1.807) is 0 Å². The minimum atomic E-state index is -1.04. The summed E-state index contributed by atoms with van der Waals surface area (Å²) in [6.07, 6.45) is 0.224. The van der Waals surface area contributed by atoms with Crippen molar-refractivity contribution < 1.29 is 19.7 Å². The monoisotopic (exact) mass is 203 g/mol. The summed E-state index contributed by atoms with van der Waals surface area (Å²) in [6.45, 7) is 2.40. The van der Waals surface area contributed by atoms with Gasteiger partial charge in [-0.3, -0.25) is 0 Å². The van der Waals surface area contributed by atoms with Crippen LogP contribution < -0.4 is 5.32 Å². The van der Waals surface area contributed by atoms with Crippen LogP contribution in [0, 0.1) is 0 Å². The molecular formula is C9H17NO4. The third-order valence-electron chi connectivity index (χ3n) is 2.48. The van der Waals surface area contributed by atoms with Gasteiger partial charge in [0.2, 0.25) is 0 Å². The molecule has 0 bridgehead atoms. The summed E-state index contributed by atoms with van der Waals surface area (Å²) in [5.41, 5.74) is 0. The molecular weight excluding hydrogens is 186 g/mol. The lowest BCUT2D eigenvalue weighted by molar-refractivity contribution is -0.0585. The largest absolute Gasteiger partial charge is 0.465 e. The Morgan fingerprint density at radius 3 is 2.93 bits per heavy atom. The summed E-state index contributed by atoms with van der Waals surface area (Å²) in [4.78, 5) is 10.5. The van der Waals surface area contributed by atoms with Gasteiger partial charge in [0.25, 0.3) is 0 Å². The molecule has 1 aliphatic heterocycles. The molecule has 82 valence electrons. The zero-order valence-electron chi connectivity index (χ0n) is 8.27. The van der Waals surface area contributed by atoms with Crippen molar-refractivity contribution in [3.63, 3.8) is 0 Å². The van der Waals surface area contributed by atoms with Gasteiger partial charge in [-0.15, -0.1) is 0 Å². The van der Waals surface area contributed by atoms with Crippen LogP contribution in [0.4, 0.5) is 4.79 Å². The van der Waals surface area contributed by atoms with Crippen LogP contribution in [0.5, 0.6) is 0 Å². The Morgan fingerprint density at radius 2 is 2.43 bits per heavy atom. The number of aliphatic hydroxyl groups is 1. The van der Waals surface area contributed by atoms with E-state index < -0.39 is 6.09 Å². The molecule has 5 heteroatoms. The fourth-order valence-corrected chi connectivity index (χ4v) is 1.71. The Hall–Kier alpha value is -0.810. The van der Waals surface area contributed by atoms with Crippen molar-refractivity contribution in [1.29, 1.82) is 0 Å². The molecule has 3 atom stereocenters. The molecule has 1 rings (SSSR count). The van der Waals surface area contributed by atoms with Crippen molar-refractivity contribution in [3.8, 4) is 0 Å². The highest BCUT2D eigenvalue weighted by Gasteiger charge is 2.28. The molecule has 3 N–H and O–H groups in total. The van der Waals surface area contributed by atoms with Crippen molar-refractivity contribution in [3.05, 3.63) is 0 Å². The van der Waals surface area contributed by atoms with E-state index in [9.17, 15) is 9.90 Å². The second-order valence-electron chi connectivity index (χ2n) is 3.55. The SMILES string of the molecule is CC[C@@H](NC(=O)O)C1CC(O)CCO1. The average molecular weight is 203 g/mol. The number of hydrogen-bond donors (Lipinski definition) is 3. The highest BCUT2D eigenvalue weighted by atomic mass is 16.5. The Balaban J connectivity index is 2.46. The standard InChI is InChI=1S/C9H17NO4/c1-2-7(10-9(12)13)8-5-6(11)3-4-14-8/h6-8,10-11H,2-5H2,1H3,(H,12,13)/t6?,7-,8?/m1/s1. The van der Waals surface area contributed by atoms with Crippen LogP contribution in [0.25, 0.3) is 0 Å². The summed E-state index contributed by atoms with van der Waals surface area (Å²) < 4.78 is 5.42. The number of amides is 1. The third kappa shape index (κ3) is 3.16. The van der Waals surface area contributed by atoms with Gasteiger partial charge in [0.1, 0.15) is 0 Å². The number of aliphatic hydroxyl groups excluding tert-OH is 1. The maximum absolute atomic E-state index is 10.5. The highest BCUT2D eigenvalue weighted by Crippen LogP contribution is 2.18. The van der Waals surface area contributed by atoms with Crippen LogP contribution >= 0.6 is 0 Å². The fraction of sp³-hybridized carbons (Fsp3) is 0.889. The van der Waals surface area contributed by atoms with Crippen molar-refractivity contribution in [1.82, 2.24) is 5.32 Å². The van der Waals surface area contributed by atoms with Gasteiger partial charge in [-0.1, -0.05) is 6.92 Å². The molecule has 0 aromatic heterocycles. The smallest absolute Gasteiger partial charge is 0.404 e. The van der Waals surface area contributed by atoms with Gasteiger partial charge < -0.3 is 20.3 Å². The lowest BCUT2D eigenvalue weighted by atomic mass is 9.98.